The summed E-state index contributed by atoms with van der Waals surface area (Å²) in [6, 6.07) is 1.98. The van der Waals surface area contributed by atoms with Gasteiger partial charge in [0.05, 0.1) is 42.9 Å². The van der Waals surface area contributed by atoms with E-state index in [1.165, 1.54) is 25.7 Å². The number of rotatable bonds is 6. The van der Waals surface area contributed by atoms with Crippen LogP contribution in [0.1, 0.15) is 36.9 Å². The van der Waals surface area contributed by atoms with Crippen LogP contribution in [0.4, 0.5) is 5.69 Å². The lowest BCUT2D eigenvalue weighted by Crippen LogP contribution is -2.36. The average molecular weight is 367 g/mol. The highest BCUT2D eigenvalue weighted by Gasteiger charge is 2.44. The molecule has 6 heteroatoms. The number of anilines is 1. The fourth-order valence-corrected chi connectivity index (χ4v) is 3.96. The van der Waals surface area contributed by atoms with Crippen molar-refractivity contribution in [3.8, 4) is 12.3 Å². The summed E-state index contributed by atoms with van der Waals surface area (Å²) in [6.07, 6.45) is 12.4. The third kappa shape index (κ3) is 3.58. The van der Waals surface area contributed by atoms with E-state index in [1.807, 2.05) is 6.07 Å². The SMILES string of the molecule is C#Cc1c(N2CCC3(CC2)CC3)c2cc(COCCOC)ncc2[nH]c1=O. The Balaban J connectivity index is 1.69. The van der Waals surface area contributed by atoms with Gasteiger partial charge in [-0.3, -0.25) is 9.78 Å². The molecule has 6 nitrogen and oxygen atoms in total. The quantitative estimate of drug-likeness (QED) is 0.627. The molecular weight excluding hydrogens is 342 g/mol. The molecule has 1 aliphatic heterocycles. The lowest BCUT2D eigenvalue weighted by atomic mass is 9.92. The van der Waals surface area contributed by atoms with Gasteiger partial charge in [-0.2, -0.15) is 0 Å². The number of terminal acetylenes is 1. The highest BCUT2D eigenvalue weighted by Crippen LogP contribution is 2.54. The molecule has 0 radical (unpaired) electrons. The fourth-order valence-electron chi connectivity index (χ4n) is 3.96. The third-order valence-electron chi connectivity index (χ3n) is 5.85. The van der Waals surface area contributed by atoms with Crippen molar-refractivity contribution in [3.63, 3.8) is 0 Å². The van der Waals surface area contributed by atoms with Gasteiger partial charge in [0.2, 0.25) is 0 Å². The van der Waals surface area contributed by atoms with Gasteiger partial charge < -0.3 is 19.4 Å². The molecule has 2 aromatic heterocycles. The average Bonchev–Trinajstić information content (AvgIpc) is 3.44. The first kappa shape index (κ1) is 18.0. The van der Waals surface area contributed by atoms with Crippen LogP contribution >= 0.6 is 0 Å². The molecule has 0 bridgehead atoms. The Morgan fingerprint density at radius 1 is 1.30 bits per heavy atom. The number of hydrogen-bond donors (Lipinski definition) is 1. The van der Waals surface area contributed by atoms with Crippen LogP contribution < -0.4 is 10.5 Å². The maximum Gasteiger partial charge on any atom is 0.266 e. The lowest BCUT2D eigenvalue weighted by molar-refractivity contribution is 0.0603. The molecule has 27 heavy (non-hydrogen) atoms. The molecule has 142 valence electrons. The molecule has 1 saturated carbocycles. The van der Waals surface area contributed by atoms with Crippen molar-refractivity contribution < 1.29 is 9.47 Å². The molecule has 3 heterocycles. The van der Waals surface area contributed by atoms with Crippen LogP contribution in [-0.4, -0.2) is 43.4 Å². The summed E-state index contributed by atoms with van der Waals surface area (Å²) in [4.78, 5) is 22.1. The molecule has 1 N–H and O–H groups in total. The molecule has 2 aliphatic rings. The van der Waals surface area contributed by atoms with E-state index >= 15 is 0 Å². The maximum absolute atomic E-state index is 12.5. The topological polar surface area (TPSA) is 67.5 Å². The van der Waals surface area contributed by atoms with Crippen molar-refractivity contribution in [2.24, 2.45) is 5.41 Å². The molecule has 0 unspecified atom stereocenters. The predicted octanol–water partition coefficient (Wildman–Crippen LogP) is 2.45. The number of hydrogen-bond acceptors (Lipinski definition) is 5. The van der Waals surface area contributed by atoms with Crippen LogP contribution in [0.15, 0.2) is 17.1 Å². The van der Waals surface area contributed by atoms with Gasteiger partial charge in [-0.1, -0.05) is 5.92 Å². The zero-order valence-corrected chi connectivity index (χ0v) is 15.7. The second-order valence-electron chi connectivity index (χ2n) is 7.58. The van der Waals surface area contributed by atoms with Crippen LogP contribution in [0.25, 0.3) is 10.9 Å². The molecule has 4 rings (SSSR count). The van der Waals surface area contributed by atoms with Crippen LogP contribution in [0, 0.1) is 17.8 Å². The summed E-state index contributed by atoms with van der Waals surface area (Å²) in [5.74, 6) is 2.62. The molecule has 1 spiro atoms. The number of piperidine rings is 1. The van der Waals surface area contributed by atoms with E-state index in [0.717, 1.165) is 29.9 Å². The molecule has 0 atom stereocenters. The number of nitrogens with one attached hydrogen (secondary N) is 1. The first-order chi connectivity index (χ1) is 13.2. The normalized spacial score (nSPS) is 18.0. The number of H-pyrrole nitrogens is 1. The predicted molar refractivity (Wildman–Crippen MR) is 105 cm³/mol. The Morgan fingerprint density at radius 3 is 2.74 bits per heavy atom. The summed E-state index contributed by atoms with van der Waals surface area (Å²) < 4.78 is 10.6. The second-order valence-corrected chi connectivity index (χ2v) is 7.58. The molecule has 0 amide bonds. The summed E-state index contributed by atoms with van der Waals surface area (Å²) in [7, 11) is 1.64. The van der Waals surface area contributed by atoms with Gasteiger partial charge in [-0.15, -0.1) is 6.42 Å². The second kappa shape index (κ2) is 7.34. The zero-order chi connectivity index (χ0) is 18.9. The molecule has 0 aromatic carbocycles. The van der Waals surface area contributed by atoms with E-state index in [1.54, 1.807) is 13.3 Å². The van der Waals surface area contributed by atoms with Crippen LogP contribution in [-0.2, 0) is 16.1 Å². The number of methoxy groups -OCH3 is 1. The number of pyridine rings is 2. The minimum atomic E-state index is -0.224. The molecule has 2 fully saturated rings. The Bertz CT molecular complexity index is 930. The number of aromatic nitrogens is 2. The minimum Gasteiger partial charge on any atom is -0.382 e. The Kier molecular flexibility index (Phi) is 4.90. The molecule has 1 saturated heterocycles. The van der Waals surface area contributed by atoms with Crippen molar-refractivity contribution in [1.82, 2.24) is 9.97 Å². The first-order valence-electron chi connectivity index (χ1n) is 9.49. The summed E-state index contributed by atoms with van der Waals surface area (Å²) in [6.45, 7) is 3.33. The van der Waals surface area contributed by atoms with Crippen molar-refractivity contribution in [2.75, 3.05) is 38.3 Å². The van der Waals surface area contributed by atoms with Crippen LogP contribution in [0.3, 0.4) is 0 Å². The minimum absolute atomic E-state index is 0.224. The van der Waals surface area contributed by atoms with Gasteiger partial charge in [0.25, 0.3) is 5.56 Å². The first-order valence-corrected chi connectivity index (χ1v) is 9.49. The number of aromatic amines is 1. The van der Waals surface area contributed by atoms with E-state index in [9.17, 15) is 4.79 Å². The van der Waals surface area contributed by atoms with E-state index in [2.05, 4.69) is 20.8 Å². The van der Waals surface area contributed by atoms with Gasteiger partial charge in [0.15, 0.2) is 0 Å². The van der Waals surface area contributed by atoms with Gasteiger partial charge in [0, 0.05) is 25.6 Å². The van der Waals surface area contributed by atoms with Crippen molar-refractivity contribution in [2.45, 2.75) is 32.3 Å². The summed E-state index contributed by atoms with van der Waals surface area (Å²) >= 11 is 0. The van der Waals surface area contributed by atoms with Gasteiger partial charge in [-0.25, -0.2) is 0 Å². The molecular formula is C21H25N3O3. The van der Waals surface area contributed by atoms with Gasteiger partial charge in [0.1, 0.15) is 5.56 Å². The van der Waals surface area contributed by atoms with Gasteiger partial charge >= 0.3 is 0 Å². The Morgan fingerprint density at radius 2 is 2.07 bits per heavy atom. The smallest absolute Gasteiger partial charge is 0.266 e. The van der Waals surface area contributed by atoms with Crippen LogP contribution in [0.2, 0.25) is 0 Å². The fraction of sp³-hybridized carbons (Fsp3) is 0.524. The maximum atomic E-state index is 12.5. The monoisotopic (exact) mass is 367 g/mol. The highest BCUT2D eigenvalue weighted by atomic mass is 16.5. The zero-order valence-electron chi connectivity index (χ0n) is 15.7. The number of ether oxygens (including phenoxy) is 2. The Labute approximate surface area is 158 Å². The number of nitrogens with zero attached hydrogens (tertiary/aromatic N) is 2. The third-order valence-corrected chi connectivity index (χ3v) is 5.85. The lowest BCUT2D eigenvalue weighted by Gasteiger charge is -2.35. The van der Waals surface area contributed by atoms with Crippen molar-refractivity contribution in [1.29, 1.82) is 0 Å². The summed E-state index contributed by atoms with van der Waals surface area (Å²) in [5, 5.41) is 0.939. The standard InChI is InChI=1S/C21H25N3O3/c1-3-16-19(24-8-6-21(4-5-21)7-9-24)17-12-15(14-27-11-10-26-2)22-13-18(17)23-20(16)25/h1,12-13H,4-11,14H2,2H3,(H,23,25). The molecule has 1 aliphatic carbocycles. The highest BCUT2D eigenvalue weighted by molar-refractivity contribution is 5.94. The van der Waals surface area contributed by atoms with E-state index in [-0.39, 0.29) is 5.56 Å². The van der Waals surface area contributed by atoms with Gasteiger partial charge in [-0.05, 0) is 37.2 Å². The van der Waals surface area contributed by atoms with Crippen molar-refractivity contribution >= 4 is 16.6 Å². The largest absolute Gasteiger partial charge is 0.382 e. The Hall–Kier alpha value is -2.36. The summed E-state index contributed by atoms with van der Waals surface area (Å²) in [5.41, 5.74) is 3.13. The van der Waals surface area contributed by atoms with E-state index in [4.69, 9.17) is 15.9 Å². The number of fused-ring (bicyclic) bond motifs is 1. The van der Waals surface area contributed by atoms with Crippen LogP contribution in [0.5, 0.6) is 0 Å². The van der Waals surface area contributed by atoms with E-state index in [0.29, 0.717) is 36.3 Å². The van der Waals surface area contributed by atoms with E-state index < -0.39 is 0 Å². The molecule has 2 aromatic rings. The van der Waals surface area contributed by atoms with Crippen molar-refractivity contribution in [3.05, 3.63) is 33.9 Å².